The van der Waals surface area contributed by atoms with Crippen molar-refractivity contribution in [3.8, 4) is 18.3 Å². The molecule has 7 heavy (non-hydrogen) atoms. The van der Waals surface area contributed by atoms with Crippen LogP contribution in [-0.2, 0) is 0 Å². The highest BCUT2D eigenvalue weighted by Crippen LogP contribution is 1.58. The Morgan fingerprint density at radius 2 is 2.00 bits per heavy atom. The number of hydrogen-bond acceptors (Lipinski definition) is 0. The summed E-state index contributed by atoms with van der Waals surface area (Å²) in [6.45, 7) is 4.90. The second-order valence-corrected chi connectivity index (χ2v) is 0.734. The molecule has 0 nitrogen and oxygen atoms in total. The van der Waals surface area contributed by atoms with E-state index in [0.29, 0.717) is 0 Å². The first kappa shape index (κ1) is 9.45. The maximum absolute atomic E-state index is 6.20. The van der Waals surface area contributed by atoms with Gasteiger partial charge in [0.25, 0.3) is 0 Å². The molecule has 0 aromatic carbocycles. The van der Waals surface area contributed by atoms with Gasteiger partial charge in [-0.3, -0.25) is 0 Å². The predicted molar refractivity (Wildman–Crippen MR) is 31.6 cm³/mol. The van der Waals surface area contributed by atoms with Gasteiger partial charge < -0.3 is 0 Å². The number of hydrogen-bond donors (Lipinski definition) is 0. The highest BCUT2D eigenvalue weighted by molar-refractivity contribution is 4.85. The van der Waals surface area contributed by atoms with E-state index in [9.17, 15) is 0 Å². The zero-order valence-corrected chi connectivity index (χ0v) is 4.49. The van der Waals surface area contributed by atoms with Gasteiger partial charge in [0.2, 0.25) is 0 Å². The van der Waals surface area contributed by atoms with Crippen LogP contribution in [-0.4, -0.2) is 0 Å². The molecular weight excluding hydrogens is 84.1 g/mol. The standard InChI is InChI=1S/C4H5.C3H3/c1-3-4-2;1-3-2/h3H2,1H3;1H,2H2. The van der Waals surface area contributed by atoms with Crippen molar-refractivity contribution in [1.82, 2.24) is 0 Å². The van der Waals surface area contributed by atoms with Gasteiger partial charge in [-0.15, -0.1) is 12.3 Å². The molecule has 0 amide bonds. The van der Waals surface area contributed by atoms with E-state index in [1.807, 2.05) is 12.8 Å². The predicted octanol–water partition coefficient (Wildman–Crippen LogP) is 1.44. The van der Waals surface area contributed by atoms with Gasteiger partial charge in [0.15, 0.2) is 0 Å². The van der Waals surface area contributed by atoms with Crippen molar-refractivity contribution in [2.24, 2.45) is 0 Å². The molecule has 0 aromatic rings. The molecule has 0 aromatic heterocycles. The summed E-state index contributed by atoms with van der Waals surface area (Å²) >= 11 is 0. The van der Waals surface area contributed by atoms with Crippen molar-refractivity contribution in [1.29, 1.82) is 0 Å². The molecule has 0 heterocycles. The SMILES string of the molecule is C#C[CH2].[C]#CCC. The van der Waals surface area contributed by atoms with Crippen molar-refractivity contribution < 1.29 is 0 Å². The Labute approximate surface area is 45.9 Å². The Bertz CT molecular complexity index is 77.2. The Balaban J connectivity index is 0. The minimum atomic E-state index is 0.736. The van der Waals surface area contributed by atoms with Crippen molar-refractivity contribution in [2.45, 2.75) is 13.3 Å². The first-order valence-electron chi connectivity index (χ1n) is 1.95. The lowest BCUT2D eigenvalue weighted by atomic mass is 10.5. The number of rotatable bonds is 0. The summed E-state index contributed by atoms with van der Waals surface area (Å²) in [5.74, 6) is 4.18. The molecular formula is C7H8. The molecule has 0 aliphatic carbocycles. The molecule has 0 aliphatic rings. The lowest BCUT2D eigenvalue weighted by molar-refractivity contribution is 1.28. The Morgan fingerprint density at radius 3 is 2.00 bits per heavy atom. The smallest absolute Gasteiger partial charge is 0.0196 e. The maximum atomic E-state index is 6.20. The number of terminal acetylenes is 1. The van der Waals surface area contributed by atoms with Crippen LogP contribution in [0.4, 0.5) is 0 Å². The largest absolute Gasteiger partial charge is 0.120 e. The zero-order chi connectivity index (χ0) is 6.12. The van der Waals surface area contributed by atoms with Gasteiger partial charge in [0.05, 0.1) is 0 Å². The van der Waals surface area contributed by atoms with E-state index >= 15 is 0 Å². The topological polar surface area (TPSA) is 0 Å². The van der Waals surface area contributed by atoms with Crippen LogP contribution in [0.15, 0.2) is 0 Å². The van der Waals surface area contributed by atoms with Crippen molar-refractivity contribution in [2.75, 3.05) is 0 Å². The summed E-state index contributed by atoms with van der Waals surface area (Å²) < 4.78 is 0. The van der Waals surface area contributed by atoms with Crippen molar-refractivity contribution >= 4 is 0 Å². The molecule has 0 aliphatic heterocycles. The fourth-order valence-corrected chi connectivity index (χ4v) is 0. The quantitative estimate of drug-likeness (QED) is 0.396. The third-order valence-corrected chi connectivity index (χ3v) is 0.177. The van der Waals surface area contributed by atoms with Crippen LogP contribution in [0.5, 0.6) is 0 Å². The average molecular weight is 92.1 g/mol. The summed E-state index contributed by atoms with van der Waals surface area (Å²) in [5, 5.41) is 0. The molecule has 0 atom stereocenters. The van der Waals surface area contributed by atoms with Crippen molar-refractivity contribution in [3.05, 3.63) is 13.3 Å². The lowest BCUT2D eigenvalue weighted by Gasteiger charge is -1.51. The van der Waals surface area contributed by atoms with Gasteiger partial charge in [-0.1, -0.05) is 12.8 Å². The normalized spacial score (nSPS) is 4.00. The first-order chi connectivity index (χ1) is 3.33. The molecule has 0 rings (SSSR count). The van der Waals surface area contributed by atoms with E-state index in [1.165, 1.54) is 0 Å². The van der Waals surface area contributed by atoms with E-state index < -0.39 is 0 Å². The minimum Gasteiger partial charge on any atom is -0.120 e. The lowest BCUT2D eigenvalue weighted by Crippen LogP contribution is -1.38. The molecule has 0 spiro atoms. The molecule has 0 saturated heterocycles. The van der Waals surface area contributed by atoms with Gasteiger partial charge in [-0.2, -0.15) is 0 Å². The molecule has 2 radical (unpaired) electrons. The van der Waals surface area contributed by atoms with Crippen LogP contribution in [0, 0.1) is 31.6 Å². The van der Waals surface area contributed by atoms with Gasteiger partial charge in [-0.05, 0) is 6.42 Å². The molecule has 0 bridgehead atoms. The maximum Gasteiger partial charge on any atom is 0.0196 e. The summed E-state index contributed by atoms with van der Waals surface area (Å²) in [6, 6.07) is 0. The zero-order valence-electron chi connectivity index (χ0n) is 4.49. The monoisotopic (exact) mass is 92.1 g/mol. The van der Waals surface area contributed by atoms with E-state index in [0.717, 1.165) is 6.42 Å². The van der Waals surface area contributed by atoms with E-state index in [4.69, 9.17) is 6.42 Å². The van der Waals surface area contributed by atoms with E-state index in [2.05, 4.69) is 19.3 Å². The third-order valence-electron chi connectivity index (χ3n) is 0.177. The summed E-state index contributed by atoms with van der Waals surface area (Å²) in [6.07, 6.45) is 11.4. The van der Waals surface area contributed by atoms with Crippen LogP contribution in [0.25, 0.3) is 0 Å². The molecule has 0 fully saturated rings. The molecule has 0 heteroatoms. The Kier molecular flexibility index (Phi) is 26.1. The average Bonchev–Trinajstić information content (AvgIpc) is 1.69. The second-order valence-electron chi connectivity index (χ2n) is 0.734. The summed E-state index contributed by atoms with van der Waals surface area (Å²) in [4.78, 5) is 0. The van der Waals surface area contributed by atoms with Crippen LogP contribution in [0.2, 0.25) is 0 Å². The van der Waals surface area contributed by atoms with Crippen molar-refractivity contribution in [3.63, 3.8) is 0 Å². The highest BCUT2D eigenvalue weighted by Gasteiger charge is 1.44. The minimum absolute atomic E-state index is 0.736. The fraction of sp³-hybridized carbons (Fsp3) is 0.286. The Hall–Kier alpha value is -0.880. The van der Waals surface area contributed by atoms with Gasteiger partial charge in [0.1, 0.15) is 0 Å². The van der Waals surface area contributed by atoms with Gasteiger partial charge in [-0.25, -0.2) is 0 Å². The fourth-order valence-electron chi connectivity index (χ4n) is 0. The van der Waals surface area contributed by atoms with Crippen LogP contribution in [0.1, 0.15) is 13.3 Å². The van der Waals surface area contributed by atoms with Gasteiger partial charge in [0, 0.05) is 13.3 Å². The van der Waals surface area contributed by atoms with Gasteiger partial charge >= 0.3 is 0 Å². The summed E-state index contributed by atoms with van der Waals surface area (Å²) in [5.41, 5.74) is 0. The van der Waals surface area contributed by atoms with Crippen LogP contribution >= 0.6 is 0 Å². The molecule has 0 unspecified atom stereocenters. The summed E-state index contributed by atoms with van der Waals surface area (Å²) in [7, 11) is 0. The van der Waals surface area contributed by atoms with Crippen LogP contribution < -0.4 is 0 Å². The van der Waals surface area contributed by atoms with Crippen LogP contribution in [0.3, 0.4) is 0 Å². The third kappa shape index (κ3) is 3460. The highest BCUT2D eigenvalue weighted by atomic mass is 13.5. The first-order valence-corrected chi connectivity index (χ1v) is 1.95. The molecule has 0 N–H and O–H groups in total. The Morgan fingerprint density at radius 1 is 1.86 bits per heavy atom. The molecule has 0 saturated carbocycles. The van der Waals surface area contributed by atoms with E-state index in [1.54, 1.807) is 0 Å². The second kappa shape index (κ2) is 19.3. The molecule has 36 valence electrons. The van der Waals surface area contributed by atoms with E-state index in [-0.39, 0.29) is 0 Å².